The smallest absolute Gasteiger partial charge is 0.351 e. The molecular formula is C104H161F7O23. The van der Waals surface area contributed by atoms with E-state index in [2.05, 4.69) is 41.5 Å². The molecule has 0 aromatic rings. The maximum Gasteiger partial charge on any atom is 0.351 e. The van der Waals surface area contributed by atoms with Crippen LogP contribution in [-0.2, 0) is 100.0 Å². The zero-order chi connectivity index (χ0) is 100. The average molecular weight is 1910 g/mol. The number of fused-ring (bicyclic) bond motifs is 4. The summed E-state index contributed by atoms with van der Waals surface area (Å²) in [5.41, 5.74) is -10.5. The van der Waals surface area contributed by atoms with Gasteiger partial charge in [-0.1, -0.05) is 111 Å². The van der Waals surface area contributed by atoms with Crippen LogP contribution in [0.5, 0.6) is 0 Å². The molecule has 3 saturated heterocycles. The van der Waals surface area contributed by atoms with Crippen molar-refractivity contribution in [1.82, 2.24) is 0 Å². The average Bonchev–Trinajstić information content (AvgIpc) is 1.51. The normalized spacial score (nSPS) is 39.1. The first kappa shape index (κ1) is 107. The summed E-state index contributed by atoms with van der Waals surface area (Å²) in [4.78, 5) is 112. The van der Waals surface area contributed by atoms with Crippen molar-refractivity contribution in [3.8, 4) is 0 Å². The van der Waals surface area contributed by atoms with E-state index in [1.54, 1.807) is 76.3 Å². The SMILES string of the molecule is CC(C)(C)C(=O)OCC12CC3CC(C1)C1(OCC(F)(F)C(F)(F)CO1)C(C3)C2.CC(C)(C)C(F)(F)COC(=O)C12CCC(C)(C(=O)O1)C2(C)C.CC(C)(C)C(F)COC(=O)C12CCC(C)(C(=O)O1)C2(C)C.CC(C)(C)COC(=O)C12CC3CC(C1)C(O)C(C3)C2.CC(C)(C)COC(=O)C12CC3CC(CC(O)(C3)C1)C2.COC(C)OC(=O)C12CC3CC(CC(COC(=O)C(C)(C)C)(C3)C1)C2. The largest absolute Gasteiger partial charge is 0.465 e. The number of carbonyl (C=O) groups excluding carboxylic acids is 9. The van der Waals surface area contributed by atoms with Gasteiger partial charge >= 0.3 is 65.6 Å². The molecule has 0 aromatic heterocycles. The molecule has 14 atom stereocenters. The monoisotopic (exact) mass is 1910 g/mol. The summed E-state index contributed by atoms with van der Waals surface area (Å²) in [6.07, 6.45) is 19.7. The maximum atomic E-state index is 14.0. The van der Waals surface area contributed by atoms with Gasteiger partial charge in [0.05, 0.1) is 76.0 Å². The van der Waals surface area contributed by atoms with Gasteiger partial charge in [-0.2, -0.15) is 17.6 Å². The maximum absolute atomic E-state index is 14.0. The molecule has 23 nitrogen and oxygen atoms in total. The number of alkyl halides is 7. The van der Waals surface area contributed by atoms with Crippen molar-refractivity contribution >= 4 is 53.7 Å². The van der Waals surface area contributed by atoms with E-state index in [4.69, 9.17) is 56.8 Å². The van der Waals surface area contributed by atoms with E-state index in [1.807, 2.05) is 41.5 Å². The summed E-state index contributed by atoms with van der Waals surface area (Å²) in [6.45, 7) is 43.1. The van der Waals surface area contributed by atoms with Crippen molar-refractivity contribution in [1.29, 1.82) is 0 Å². The van der Waals surface area contributed by atoms with Gasteiger partial charge in [0.1, 0.15) is 26.0 Å². The molecule has 3 aliphatic heterocycles. The molecule has 3 heterocycles. The first-order valence-corrected chi connectivity index (χ1v) is 49.6. The quantitative estimate of drug-likeness (QED) is 0.0591. The third-order valence-corrected chi connectivity index (χ3v) is 35.4. The molecule has 18 saturated carbocycles. The lowest BCUT2D eigenvalue weighted by Crippen LogP contribution is -2.64. The minimum Gasteiger partial charge on any atom is -0.465 e. The van der Waals surface area contributed by atoms with Gasteiger partial charge in [0, 0.05) is 46.0 Å². The van der Waals surface area contributed by atoms with E-state index in [0.717, 1.165) is 96.3 Å². The Labute approximate surface area is 790 Å². The van der Waals surface area contributed by atoms with Crippen LogP contribution < -0.4 is 0 Å². The molecule has 1 spiro atoms. The Morgan fingerprint density at radius 2 is 0.828 bits per heavy atom. The third kappa shape index (κ3) is 20.3. The van der Waals surface area contributed by atoms with Crippen molar-refractivity contribution in [3.05, 3.63) is 0 Å². The number of carbonyl (C=O) groups is 9. The highest BCUT2D eigenvalue weighted by molar-refractivity contribution is 5.95. The van der Waals surface area contributed by atoms with Crippen LogP contribution in [0, 0.1) is 140 Å². The van der Waals surface area contributed by atoms with Crippen LogP contribution in [0.1, 0.15) is 340 Å². The van der Waals surface area contributed by atoms with Gasteiger partial charge in [0.25, 0.3) is 5.92 Å². The molecule has 0 amide bonds. The van der Waals surface area contributed by atoms with E-state index in [9.17, 15) is 84.1 Å². The van der Waals surface area contributed by atoms with Crippen LogP contribution in [0.25, 0.3) is 0 Å². The predicted octanol–water partition coefficient (Wildman–Crippen LogP) is 20.2. The molecule has 0 aromatic carbocycles. The van der Waals surface area contributed by atoms with Gasteiger partial charge in [0.2, 0.25) is 11.2 Å². The summed E-state index contributed by atoms with van der Waals surface area (Å²) in [6, 6.07) is 0. The fraction of sp³-hybridized carbons (Fsp3) is 0.913. The highest BCUT2D eigenvalue weighted by atomic mass is 19.3. The van der Waals surface area contributed by atoms with E-state index < -0.39 is 139 Å². The summed E-state index contributed by atoms with van der Waals surface area (Å²) in [5.74, 6) is -12.6. The summed E-state index contributed by atoms with van der Waals surface area (Å²) in [7, 11) is 1.55. The highest BCUT2D eigenvalue weighted by Crippen LogP contribution is 2.72. The molecule has 2 N–H and O–H groups in total. The second-order valence-corrected chi connectivity index (χ2v) is 53.4. The second-order valence-electron chi connectivity index (χ2n) is 53.4. The van der Waals surface area contributed by atoms with Crippen LogP contribution in [0.15, 0.2) is 0 Å². The third-order valence-electron chi connectivity index (χ3n) is 35.4. The number of halogens is 7. The number of aliphatic hydroxyl groups is 2. The molecule has 21 aliphatic rings. The fourth-order valence-electron chi connectivity index (χ4n) is 27.4. The van der Waals surface area contributed by atoms with Gasteiger partial charge in [0.15, 0.2) is 18.7 Å². The lowest BCUT2D eigenvalue weighted by molar-refractivity contribution is -0.349. The van der Waals surface area contributed by atoms with Gasteiger partial charge in [-0.05, 0) is 293 Å². The molecule has 0 radical (unpaired) electrons. The first-order chi connectivity index (χ1) is 60.9. The van der Waals surface area contributed by atoms with Crippen molar-refractivity contribution in [2.75, 3.05) is 60.0 Å². The zero-order valence-corrected chi connectivity index (χ0v) is 85.2. The standard InChI is InChI=1S/C20H28F4O4.C20H32O5.C16H24F2O4.C16H25FO4.2C16H26O3/c1-16(2,3)15(25)26-9-17-6-12-4-13(7-17)20(14(5-12)8-17)27-10-18(21,22)19(23,24)11-28-20;1-13(23-5)25-17(22)20-9-14-6-15(10-20)8-19(7-14,11-20)12-24-16(21)18(2,3)4;1-12(2,3)16(17,18)9-21-11(20)15-8-7-14(6,10(19)22-15)13(15,4)5;1-13(2,3)10(17)9-20-12(19)16-8-7-15(6,11(18)21-16)14(16,4)5;1-14(2,3)10-19-13(17)15-5-11-4-12(6-15)8-16(18,7-11)9-15;1-15(2,3)9-19-14(18)16-6-10-4-11(7-16)13(17)12(5-10)8-16/h12-14H,4-11H2,1-3H3;13-15H,6-12H2,1-5H3;7-9H2,1-6H3;10H,7-9H2,1-6H3;11-12,18H,4-10H2,1-3H3;10-13,17H,4-9H2,1-3H3. The number of esters is 9. The topological polar surface area (TPSA) is 305 Å². The molecule has 30 heteroatoms. The second kappa shape index (κ2) is 35.9. The van der Waals surface area contributed by atoms with Crippen LogP contribution in [0.2, 0.25) is 0 Å². The van der Waals surface area contributed by atoms with Crippen molar-refractivity contribution in [3.63, 3.8) is 0 Å². The van der Waals surface area contributed by atoms with Gasteiger partial charge in [-0.3, -0.25) is 33.6 Å². The van der Waals surface area contributed by atoms with E-state index in [1.165, 1.54) is 33.6 Å². The predicted molar refractivity (Wildman–Crippen MR) is 479 cm³/mol. The van der Waals surface area contributed by atoms with Gasteiger partial charge < -0.3 is 67.1 Å². The number of hydrogen-bond acceptors (Lipinski definition) is 23. The zero-order valence-electron chi connectivity index (χ0n) is 85.2. The minimum absolute atomic E-state index is 0.00808. The number of rotatable bonds is 17. The highest BCUT2D eigenvalue weighted by Gasteiger charge is 2.79. The van der Waals surface area contributed by atoms with Crippen molar-refractivity contribution in [2.45, 2.75) is 399 Å². The molecular weight excluding hydrogens is 1750 g/mol. The number of aliphatic hydroxyl groups excluding tert-OH is 1. The lowest BCUT2D eigenvalue weighted by atomic mass is 9.44. The Morgan fingerprint density at radius 3 is 1.21 bits per heavy atom. The Bertz CT molecular complexity index is 4300. The van der Waals surface area contributed by atoms with E-state index in [-0.39, 0.29) is 99.5 Å². The number of methoxy groups -OCH3 is 1. The Morgan fingerprint density at radius 1 is 0.448 bits per heavy atom. The minimum atomic E-state index is -4.24. The van der Waals surface area contributed by atoms with Gasteiger partial charge in [-0.25, -0.2) is 22.8 Å². The van der Waals surface area contributed by atoms with E-state index in [0.29, 0.717) is 125 Å². The van der Waals surface area contributed by atoms with E-state index >= 15 is 0 Å². The molecule has 764 valence electrons. The molecule has 134 heavy (non-hydrogen) atoms. The first-order valence-electron chi connectivity index (χ1n) is 49.6. The van der Waals surface area contributed by atoms with Crippen molar-refractivity contribution < 1.29 is 141 Å². The lowest BCUT2D eigenvalue weighted by Gasteiger charge is -2.63. The van der Waals surface area contributed by atoms with Crippen LogP contribution in [0.3, 0.4) is 0 Å². The molecule has 21 rings (SSSR count). The van der Waals surface area contributed by atoms with Crippen LogP contribution in [0.4, 0.5) is 30.7 Å². The summed E-state index contributed by atoms with van der Waals surface area (Å²) < 4.78 is 162. The summed E-state index contributed by atoms with van der Waals surface area (Å²) in [5, 5.41) is 20.9. The number of hydrogen-bond donors (Lipinski definition) is 2. The van der Waals surface area contributed by atoms with Crippen LogP contribution in [-0.4, -0.2) is 183 Å². The Kier molecular flexibility index (Phi) is 28.8. The van der Waals surface area contributed by atoms with Crippen molar-refractivity contribution in [2.24, 2.45) is 140 Å². The number of ether oxygens (including phenoxy) is 12. The summed E-state index contributed by atoms with van der Waals surface area (Å²) >= 11 is 0. The van der Waals surface area contributed by atoms with Gasteiger partial charge in [-0.15, -0.1) is 0 Å². The molecule has 21 fully saturated rings. The fourth-order valence-corrected chi connectivity index (χ4v) is 27.4. The van der Waals surface area contributed by atoms with Crippen LogP contribution >= 0.6 is 0 Å². The Balaban J connectivity index is 0.000000146. The molecule has 14 unspecified atom stereocenters. The Hall–Kier alpha value is -5.46. The molecule has 20 bridgehead atoms. The molecule has 18 aliphatic carbocycles.